The second kappa shape index (κ2) is 6.55. The number of terminal acetylenes is 1. The van der Waals surface area contributed by atoms with Crippen LogP contribution in [0.15, 0.2) is 48.5 Å². The topological polar surface area (TPSA) is 30.0 Å². The summed E-state index contributed by atoms with van der Waals surface area (Å²) < 4.78 is 1.11. The third-order valence-corrected chi connectivity index (χ3v) is 4.45. The van der Waals surface area contributed by atoms with E-state index in [-0.39, 0.29) is 5.78 Å². The SMILES string of the molecule is C#CCCC(=O)Cc1nc2ccc(-c3ccccc3)cc2s1. The minimum absolute atomic E-state index is 0.153. The zero-order valence-corrected chi connectivity index (χ0v) is 12.9. The number of benzene rings is 2. The van der Waals surface area contributed by atoms with Crippen molar-refractivity contribution in [2.75, 3.05) is 0 Å². The van der Waals surface area contributed by atoms with Gasteiger partial charge in [0.25, 0.3) is 0 Å². The fourth-order valence-electron chi connectivity index (χ4n) is 2.33. The lowest BCUT2D eigenvalue weighted by atomic mass is 10.1. The van der Waals surface area contributed by atoms with E-state index in [4.69, 9.17) is 6.42 Å². The Labute approximate surface area is 133 Å². The molecule has 0 bridgehead atoms. The van der Waals surface area contributed by atoms with Gasteiger partial charge in [0.1, 0.15) is 10.8 Å². The van der Waals surface area contributed by atoms with Gasteiger partial charge in [-0.1, -0.05) is 36.4 Å². The predicted octanol–water partition coefficient (Wildman–Crippen LogP) is 4.49. The van der Waals surface area contributed by atoms with Gasteiger partial charge in [0.2, 0.25) is 0 Å². The molecule has 0 aliphatic rings. The van der Waals surface area contributed by atoms with E-state index in [1.165, 1.54) is 11.1 Å². The Morgan fingerprint density at radius 1 is 1.14 bits per heavy atom. The third-order valence-electron chi connectivity index (χ3n) is 3.44. The Morgan fingerprint density at radius 2 is 1.95 bits per heavy atom. The maximum atomic E-state index is 11.8. The number of thiazole rings is 1. The van der Waals surface area contributed by atoms with Gasteiger partial charge in [-0.2, -0.15) is 0 Å². The molecule has 0 unspecified atom stereocenters. The van der Waals surface area contributed by atoms with Crippen LogP contribution in [-0.2, 0) is 11.2 Å². The maximum absolute atomic E-state index is 11.8. The molecule has 2 aromatic carbocycles. The molecule has 108 valence electrons. The summed E-state index contributed by atoms with van der Waals surface area (Å²) in [6.07, 6.45) is 6.50. The first-order valence-electron chi connectivity index (χ1n) is 7.16. The van der Waals surface area contributed by atoms with E-state index in [9.17, 15) is 4.79 Å². The molecule has 0 fully saturated rings. The van der Waals surface area contributed by atoms with E-state index < -0.39 is 0 Å². The molecule has 0 spiro atoms. The average molecular weight is 305 g/mol. The molecule has 2 nitrogen and oxygen atoms in total. The fraction of sp³-hybridized carbons (Fsp3) is 0.158. The highest BCUT2D eigenvalue weighted by Gasteiger charge is 2.09. The minimum atomic E-state index is 0.153. The van der Waals surface area contributed by atoms with Gasteiger partial charge in [0.15, 0.2) is 0 Å². The molecule has 0 amide bonds. The van der Waals surface area contributed by atoms with Crippen molar-refractivity contribution < 1.29 is 4.79 Å². The molecule has 0 saturated carbocycles. The summed E-state index contributed by atoms with van der Waals surface area (Å²) in [6, 6.07) is 16.5. The van der Waals surface area contributed by atoms with Crippen molar-refractivity contribution in [1.82, 2.24) is 4.98 Å². The lowest BCUT2D eigenvalue weighted by Gasteiger charge is -2.00. The summed E-state index contributed by atoms with van der Waals surface area (Å²) in [6.45, 7) is 0. The standard InChI is InChI=1S/C19H15NOS/c1-2-3-9-16(21)13-19-20-17-11-10-15(12-18(17)22-19)14-7-5-4-6-8-14/h1,4-8,10-12H,3,9,13H2. The van der Waals surface area contributed by atoms with Crippen LogP contribution in [0.5, 0.6) is 0 Å². The highest BCUT2D eigenvalue weighted by molar-refractivity contribution is 7.18. The summed E-state index contributed by atoms with van der Waals surface area (Å²) >= 11 is 1.58. The van der Waals surface area contributed by atoms with E-state index in [0.29, 0.717) is 19.3 Å². The van der Waals surface area contributed by atoms with Crippen molar-refractivity contribution in [2.45, 2.75) is 19.3 Å². The summed E-state index contributed by atoms with van der Waals surface area (Å²) in [5, 5.41) is 0.863. The Morgan fingerprint density at radius 3 is 2.73 bits per heavy atom. The van der Waals surface area contributed by atoms with E-state index in [0.717, 1.165) is 15.2 Å². The summed E-state index contributed by atoms with van der Waals surface area (Å²) in [5.41, 5.74) is 3.30. The van der Waals surface area contributed by atoms with Crippen LogP contribution >= 0.6 is 11.3 Å². The first-order chi connectivity index (χ1) is 10.8. The Bertz CT molecular complexity index is 843. The van der Waals surface area contributed by atoms with Crippen LogP contribution in [0.4, 0.5) is 0 Å². The molecule has 0 N–H and O–H groups in total. The van der Waals surface area contributed by atoms with Crippen LogP contribution in [0.2, 0.25) is 0 Å². The van der Waals surface area contributed by atoms with Gasteiger partial charge in [-0.25, -0.2) is 4.98 Å². The van der Waals surface area contributed by atoms with Gasteiger partial charge in [0, 0.05) is 12.8 Å². The molecule has 3 rings (SSSR count). The first-order valence-corrected chi connectivity index (χ1v) is 7.98. The number of nitrogens with zero attached hydrogens (tertiary/aromatic N) is 1. The van der Waals surface area contributed by atoms with Gasteiger partial charge in [0.05, 0.1) is 16.6 Å². The zero-order chi connectivity index (χ0) is 15.4. The van der Waals surface area contributed by atoms with Crippen molar-refractivity contribution in [1.29, 1.82) is 0 Å². The zero-order valence-electron chi connectivity index (χ0n) is 12.1. The van der Waals surface area contributed by atoms with E-state index >= 15 is 0 Å². The number of rotatable bonds is 5. The third kappa shape index (κ3) is 3.24. The minimum Gasteiger partial charge on any atom is -0.299 e. The monoisotopic (exact) mass is 305 g/mol. The molecule has 3 aromatic rings. The number of carbonyl (C=O) groups excluding carboxylic acids is 1. The molecule has 0 saturated heterocycles. The number of fused-ring (bicyclic) bond motifs is 1. The number of hydrogen-bond acceptors (Lipinski definition) is 3. The van der Waals surface area contributed by atoms with Crippen LogP contribution < -0.4 is 0 Å². The molecule has 1 heterocycles. The maximum Gasteiger partial charge on any atom is 0.140 e. The van der Waals surface area contributed by atoms with Crippen molar-refractivity contribution in [3.8, 4) is 23.5 Å². The predicted molar refractivity (Wildman–Crippen MR) is 91.8 cm³/mol. The summed E-state index contributed by atoms with van der Waals surface area (Å²) in [4.78, 5) is 16.3. The molecule has 0 aliphatic carbocycles. The number of aromatic nitrogens is 1. The van der Waals surface area contributed by atoms with Gasteiger partial charge in [-0.05, 0) is 23.3 Å². The highest BCUT2D eigenvalue weighted by atomic mass is 32.1. The van der Waals surface area contributed by atoms with Crippen molar-refractivity contribution in [3.05, 3.63) is 53.5 Å². The quantitative estimate of drug-likeness (QED) is 0.650. The van der Waals surface area contributed by atoms with Crippen LogP contribution in [0.25, 0.3) is 21.3 Å². The summed E-state index contributed by atoms with van der Waals surface area (Å²) in [7, 11) is 0. The van der Waals surface area contributed by atoms with Gasteiger partial charge >= 0.3 is 0 Å². The second-order valence-corrected chi connectivity index (χ2v) is 6.19. The van der Waals surface area contributed by atoms with Crippen LogP contribution in [0.3, 0.4) is 0 Å². The molecular formula is C19H15NOS. The van der Waals surface area contributed by atoms with E-state index in [1.54, 1.807) is 11.3 Å². The Kier molecular flexibility index (Phi) is 4.32. The smallest absolute Gasteiger partial charge is 0.140 e. The number of ketones is 1. The van der Waals surface area contributed by atoms with Gasteiger partial charge < -0.3 is 0 Å². The van der Waals surface area contributed by atoms with Crippen molar-refractivity contribution >= 4 is 27.3 Å². The largest absolute Gasteiger partial charge is 0.299 e. The lowest BCUT2D eigenvalue weighted by molar-refractivity contribution is -0.118. The first kappa shape index (κ1) is 14.5. The molecule has 0 aliphatic heterocycles. The molecule has 3 heteroatoms. The molecule has 0 atom stereocenters. The van der Waals surface area contributed by atoms with Crippen LogP contribution in [0, 0.1) is 12.3 Å². The Hall–Kier alpha value is -2.44. The lowest BCUT2D eigenvalue weighted by Crippen LogP contribution is -2.01. The Balaban J connectivity index is 1.85. The highest BCUT2D eigenvalue weighted by Crippen LogP contribution is 2.28. The van der Waals surface area contributed by atoms with Crippen LogP contribution in [-0.4, -0.2) is 10.8 Å². The normalized spacial score (nSPS) is 10.5. The average Bonchev–Trinajstić information content (AvgIpc) is 2.95. The van der Waals surface area contributed by atoms with E-state index in [1.807, 2.05) is 24.3 Å². The van der Waals surface area contributed by atoms with Gasteiger partial charge in [-0.15, -0.1) is 23.7 Å². The number of Topliss-reactive ketones (excluding diaryl/α,β-unsaturated/α-hetero) is 1. The van der Waals surface area contributed by atoms with Crippen molar-refractivity contribution in [2.24, 2.45) is 0 Å². The molecule has 22 heavy (non-hydrogen) atoms. The molecule has 1 aromatic heterocycles. The molecular weight excluding hydrogens is 290 g/mol. The molecule has 0 radical (unpaired) electrons. The second-order valence-electron chi connectivity index (χ2n) is 5.08. The van der Waals surface area contributed by atoms with E-state index in [2.05, 4.69) is 35.2 Å². The van der Waals surface area contributed by atoms with Crippen LogP contribution in [0.1, 0.15) is 17.8 Å². The number of hydrogen-bond donors (Lipinski definition) is 0. The van der Waals surface area contributed by atoms with Crippen molar-refractivity contribution in [3.63, 3.8) is 0 Å². The summed E-state index contributed by atoms with van der Waals surface area (Å²) in [5.74, 6) is 2.65. The fourth-order valence-corrected chi connectivity index (χ4v) is 3.36. The number of carbonyl (C=O) groups is 1. The van der Waals surface area contributed by atoms with Gasteiger partial charge in [-0.3, -0.25) is 4.79 Å².